The highest BCUT2D eigenvalue weighted by atomic mass is 19.4. The van der Waals surface area contributed by atoms with E-state index in [1.54, 1.807) is 19.1 Å². The van der Waals surface area contributed by atoms with Crippen LogP contribution in [0.3, 0.4) is 0 Å². The molecule has 1 aromatic rings. The smallest absolute Gasteiger partial charge is 0.416 e. The Morgan fingerprint density at radius 2 is 1.67 bits per heavy atom. The number of alkyl halides is 3. The van der Waals surface area contributed by atoms with Crippen molar-refractivity contribution in [2.24, 2.45) is 52.0 Å². The molecule has 15 heteroatoms. The monoisotopic (exact) mass is 934 g/mol. The van der Waals surface area contributed by atoms with Crippen molar-refractivity contribution in [3.63, 3.8) is 0 Å². The van der Waals surface area contributed by atoms with E-state index in [1.165, 1.54) is 12.1 Å². The number of Topliss-reactive ketones (excluding diaryl/α,β-unsaturated/α-hetero) is 1. The van der Waals surface area contributed by atoms with E-state index in [0.717, 1.165) is 24.8 Å². The number of carbonyl (C=O) groups is 3. The van der Waals surface area contributed by atoms with Gasteiger partial charge in [0.2, 0.25) is 5.79 Å². The van der Waals surface area contributed by atoms with E-state index in [9.17, 15) is 37.8 Å². The lowest BCUT2D eigenvalue weighted by Crippen LogP contribution is -2.62. The first-order chi connectivity index (χ1) is 31.0. The molecule has 0 amide bonds. The molecule has 0 bridgehead atoms. The first kappa shape index (κ1) is 52.2. The van der Waals surface area contributed by atoms with E-state index in [-0.39, 0.29) is 47.5 Å². The minimum Gasteiger partial charge on any atom is -0.481 e. The van der Waals surface area contributed by atoms with Crippen molar-refractivity contribution >= 4 is 23.8 Å². The fourth-order valence-electron chi connectivity index (χ4n) is 11.7. The highest BCUT2D eigenvalue weighted by molar-refractivity contribution is 6.01. The first-order valence-corrected chi connectivity index (χ1v) is 24.4. The largest absolute Gasteiger partial charge is 0.481 e. The van der Waals surface area contributed by atoms with Crippen LogP contribution in [-0.2, 0) is 55.7 Å². The van der Waals surface area contributed by atoms with Crippen LogP contribution in [0, 0.1) is 46.8 Å². The van der Waals surface area contributed by atoms with E-state index >= 15 is 0 Å². The molecule has 12 nitrogen and oxygen atoms in total. The second-order valence-electron chi connectivity index (χ2n) is 20.6. The zero-order chi connectivity index (χ0) is 48.6. The average molecular weight is 934 g/mol. The van der Waals surface area contributed by atoms with Crippen molar-refractivity contribution < 1.29 is 66.3 Å². The molecule has 4 fully saturated rings. The fourth-order valence-corrected chi connectivity index (χ4v) is 11.7. The fraction of sp³-hybridized carbons (Fsp3) is 0.765. The van der Waals surface area contributed by atoms with Crippen LogP contribution in [-0.4, -0.2) is 87.8 Å². The maximum absolute atomic E-state index is 14.7. The summed E-state index contributed by atoms with van der Waals surface area (Å²) in [5.41, 5.74) is -1.78. The van der Waals surface area contributed by atoms with Gasteiger partial charge in [0.15, 0.2) is 5.79 Å². The van der Waals surface area contributed by atoms with Gasteiger partial charge in [0, 0.05) is 30.1 Å². The van der Waals surface area contributed by atoms with Crippen LogP contribution in [0.2, 0.25) is 0 Å². The molecule has 0 saturated carbocycles. The number of hydrogen-bond acceptors (Lipinski definition) is 11. The molecular weight excluding hydrogens is 860 g/mol. The number of carboxylic acids is 1. The normalized spacial score (nSPS) is 39.0. The second-order valence-corrected chi connectivity index (χ2v) is 20.6. The Kier molecular flexibility index (Phi) is 16.1. The van der Waals surface area contributed by atoms with Gasteiger partial charge in [-0.15, -0.1) is 0 Å². The molecule has 17 atom stereocenters. The quantitative estimate of drug-likeness (QED) is 0.120. The minimum atomic E-state index is -4.52. The molecule has 2 spiro atoms. The van der Waals surface area contributed by atoms with Crippen molar-refractivity contribution in [2.75, 3.05) is 0 Å². The average Bonchev–Trinajstić information content (AvgIpc) is 3.62. The number of aliphatic hydroxyl groups excluding tert-OH is 1. The highest BCUT2D eigenvalue weighted by Gasteiger charge is 2.63. The molecule has 0 radical (unpaired) electrons. The van der Waals surface area contributed by atoms with Crippen molar-refractivity contribution in [1.29, 1.82) is 0 Å². The molecule has 1 unspecified atom stereocenters. The molecular formula is C51H74F3NO11. The van der Waals surface area contributed by atoms with Crippen molar-refractivity contribution in [3.8, 4) is 0 Å². The Morgan fingerprint density at radius 1 is 0.955 bits per heavy atom. The standard InChI is InChI=1S/C51H74F3NO11/c1-11-37(46(59)60)39-18-17-29(4)44(63-39)33(8)42(57)32(7)43(58)38(12-2)45-30(5)25-31(6)49(64-45)22-19-40(55-61-27-35-15-14-16-36(26-35)51(52,53)54)50(66-49)24-23-47(10,65-50)41-20-21-48(13-3,28-56)34(9)62-41/h14-16,19,22,26,28-34,37-39,41-42,44-45,57H,11-13,17-18,20-21,23-25,27H2,1-10H3,(H,59,60)/b55-40+/t29-,30-,31+,32-,33-,34-,37?,38-,39+,41+,42+,44+,45-,47-,48-,49-,50-/m0/s1. The van der Waals surface area contributed by atoms with Crippen LogP contribution in [0.25, 0.3) is 0 Å². The molecule has 1 aromatic carbocycles. The van der Waals surface area contributed by atoms with Crippen LogP contribution in [0.15, 0.2) is 41.6 Å². The number of rotatable bonds is 16. The Balaban J connectivity index is 1.27. The van der Waals surface area contributed by atoms with Gasteiger partial charge in [-0.1, -0.05) is 72.7 Å². The van der Waals surface area contributed by atoms with Crippen molar-refractivity contribution in [3.05, 3.63) is 47.5 Å². The van der Waals surface area contributed by atoms with Crippen molar-refractivity contribution in [2.45, 2.75) is 200 Å². The minimum absolute atomic E-state index is 0.0560. The van der Waals surface area contributed by atoms with Crippen molar-refractivity contribution in [1.82, 2.24) is 0 Å². The Labute approximate surface area is 388 Å². The summed E-state index contributed by atoms with van der Waals surface area (Å²) in [5, 5.41) is 26.2. The summed E-state index contributed by atoms with van der Waals surface area (Å²) in [6.45, 7) is 19.1. The number of carboxylic acid groups (broad SMARTS) is 1. The number of oxime groups is 1. The molecule has 370 valence electrons. The molecule has 6 rings (SSSR count). The van der Waals surface area contributed by atoms with Gasteiger partial charge in [-0.25, -0.2) is 0 Å². The predicted octanol–water partition coefficient (Wildman–Crippen LogP) is 9.87. The van der Waals surface area contributed by atoms with Gasteiger partial charge in [-0.05, 0) is 113 Å². The summed E-state index contributed by atoms with van der Waals surface area (Å²) in [7, 11) is 0. The Bertz CT molecular complexity index is 1940. The van der Waals surface area contributed by atoms with Gasteiger partial charge in [0.1, 0.15) is 24.4 Å². The molecule has 0 aliphatic carbocycles. The number of ketones is 1. The van der Waals surface area contributed by atoms with Crippen LogP contribution in [0.4, 0.5) is 13.2 Å². The number of aliphatic carboxylic acids is 1. The van der Waals surface area contributed by atoms with Crippen LogP contribution in [0.5, 0.6) is 0 Å². The Hall–Kier alpha value is -3.21. The van der Waals surface area contributed by atoms with Gasteiger partial charge >= 0.3 is 12.1 Å². The topological polar surface area (TPSA) is 159 Å². The number of carbonyl (C=O) groups excluding carboxylic acids is 2. The van der Waals surface area contributed by atoms with E-state index in [2.05, 4.69) is 12.1 Å². The van der Waals surface area contributed by atoms with Crippen LogP contribution in [0.1, 0.15) is 145 Å². The number of nitrogens with zero attached hydrogens (tertiary/aromatic N) is 1. The van der Waals surface area contributed by atoms with Crippen LogP contribution >= 0.6 is 0 Å². The van der Waals surface area contributed by atoms with Crippen LogP contribution < -0.4 is 0 Å². The van der Waals surface area contributed by atoms with Gasteiger partial charge < -0.3 is 43.5 Å². The third-order valence-electron chi connectivity index (χ3n) is 16.3. The van der Waals surface area contributed by atoms with E-state index in [0.29, 0.717) is 57.8 Å². The summed E-state index contributed by atoms with van der Waals surface area (Å²) < 4.78 is 75.0. The number of hydrogen-bond donors (Lipinski definition) is 2. The lowest BCUT2D eigenvalue weighted by atomic mass is 9.72. The lowest BCUT2D eigenvalue weighted by molar-refractivity contribution is -0.371. The zero-order valence-electron chi connectivity index (χ0n) is 40.5. The van der Waals surface area contributed by atoms with E-state index < -0.39 is 94.5 Å². The van der Waals surface area contributed by atoms with Gasteiger partial charge in [-0.3, -0.25) is 9.59 Å². The van der Waals surface area contributed by atoms with Gasteiger partial charge in [-0.2, -0.15) is 13.2 Å². The first-order valence-electron chi connectivity index (χ1n) is 24.4. The third kappa shape index (κ3) is 10.2. The summed E-state index contributed by atoms with van der Waals surface area (Å²) in [4.78, 5) is 44.8. The summed E-state index contributed by atoms with van der Waals surface area (Å²) in [6.07, 6.45) is 2.01. The van der Waals surface area contributed by atoms with Gasteiger partial charge in [0.05, 0.1) is 59.1 Å². The lowest BCUT2D eigenvalue weighted by Gasteiger charge is -2.53. The van der Waals surface area contributed by atoms with Gasteiger partial charge in [0.25, 0.3) is 0 Å². The summed E-state index contributed by atoms with van der Waals surface area (Å²) >= 11 is 0. The molecule has 2 N–H and O–H groups in total. The summed E-state index contributed by atoms with van der Waals surface area (Å²) in [6, 6.07) is 4.87. The number of benzene rings is 1. The number of ether oxygens (including phenoxy) is 5. The number of aliphatic hydroxyl groups is 1. The summed E-state index contributed by atoms with van der Waals surface area (Å²) in [5.74, 6) is -6.81. The zero-order valence-corrected chi connectivity index (χ0v) is 40.5. The van der Waals surface area contributed by atoms with E-state index in [4.69, 9.17) is 28.5 Å². The third-order valence-corrected chi connectivity index (χ3v) is 16.3. The molecule has 66 heavy (non-hydrogen) atoms. The Morgan fingerprint density at radius 3 is 2.29 bits per heavy atom. The molecule has 0 aromatic heterocycles. The second kappa shape index (κ2) is 20.4. The molecule has 5 aliphatic rings. The molecule has 5 aliphatic heterocycles. The number of aldehydes is 1. The predicted molar refractivity (Wildman–Crippen MR) is 240 cm³/mol. The highest BCUT2D eigenvalue weighted by Crippen LogP contribution is 2.54. The van der Waals surface area contributed by atoms with E-state index in [1.807, 2.05) is 55.4 Å². The maximum Gasteiger partial charge on any atom is 0.416 e. The maximum atomic E-state index is 14.7. The molecule has 4 saturated heterocycles. The SMILES string of the molecule is CCC(C(=O)O)[C@H]1CC[C@H](C)[C@H]([C@@H](C)[C@H](O)[C@H](C)C(=O)[C@H](CC)[C@H]2O[C@]3(C=C/C(=N\OCc4cccc(C(F)(F)F)c4)[C@]4(CC[C@@](C)([C@H]5CC[C@](C=O)(CC)[C@H](C)O5)O4)O3)[C@H](C)C[C@@H]2C)O1. The molecule has 5 heterocycles. The number of halogens is 3.